The van der Waals surface area contributed by atoms with E-state index < -0.39 is 0 Å². The van der Waals surface area contributed by atoms with Crippen molar-refractivity contribution in [2.24, 2.45) is 17.6 Å². The Morgan fingerprint density at radius 1 is 1.00 bits per heavy atom. The largest absolute Gasteiger partial charge is 0.330 e. The Morgan fingerprint density at radius 2 is 1.65 bits per heavy atom. The van der Waals surface area contributed by atoms with E-state index in [1.54, 1.807) is 0 Å². The second-order valence-corrected chi connectivity index (χ2v) is 7.36. The molecule has 1 unspecified atom stereocenters. The highest BCUT2D eigenvalue weighted by molar-refractivity contribution is 4.82. The lowest BCUT2D eigenvalue weighted by atomic mass is 9.94. The molecule has 0 saturated carbocycles. The molecule has 2 fully saturated rings. The molecule has 3 heteroatoms. The Balaban J connectivity index is 1.70. The lowest BCUT2D eigenvalue weighted by Gasteiger charge is -2.41. The highest BCUT2D eigenvalue weighted by Crippen LogP contribution is 2.22. The van der Waals surface area contributed by atoms with Gasteiger partial charge in [0.2, 0.25) is 0 Å². The average Bonchev–Trinajstić information content (AvgIpc) is 2.48. The third-order valence-corrected chi connectivity index (χ3v) is 5.12. The summed E-state index contributed by atoms with van der Waals surface area (Å²) in [7, 11) is 0. The van der Waals surface area contributed by atoms with Gasteiger partial charge in [0.15, 0.2) is 0 Å². The van der Waals surface area contributed by atoms with Gasteiger partial charge >= 0.3 is 0 Å². The second-order valence-electron chi connectivity index (χ2n) is 7.36. The zero-order valence-electron chi connectivity index (χ0n) is 13.7. The van der Waals surface area contributed by atoms with E-state index >= 15 is 0 Å². The van der Waals surface area contributed by atoms with Gasteiger partial charge in [-0.2, -0.15) is 0 Å². The minimum atomic E-state index is 0.696. The zero-order chi connectivity index (χ0) is 14.4. The molecule has 2 heterocycles. The predicted molar refractivity (Wildman–Crippen MR) is 86.9 cm³/mol. The van der Waals surface area contributed by atoms with Crippen molar-refractivity contribution in [3.05, 3.63) is 0 Å². The van der Waals surface area contributed by atoms with E-state index in [0.717, 1.165) is 18.5 Å². The number of nitrogens with two attached hydrogens (primary N) is 1. The van der Waals surface area contributed by atoms with Gasteiger partial charge in [-0.3, -0.25) is 0 Å². The molecule has 20 heavy (non-hydrogen) atoms. The van der Waals surface area contributed by atoms with Gasteiger partial charge in [0, 0.05) is 12.6 Å². The first-order chi connectivity index (χ1) is 9.69. The quantitative estimate of drug-likeness (QED) is 0.812. The van der Waals surface area contributed by atoms with Gasteiger partial charge in [-0.25, -0.2) is 0 Å². The summed E-state index contributed by atoms with van der Waals surface area (Å²) in [4.78, 5) is 5.43. The topological polar surface area (TPSA) is 32.5 Å². The van der Waals surface area contributed by atoms with Crippen LogP contribution in [0.25, 0.3) is 0 Å². The van der Waals surface area contributed by atoms with Crippen LogP contribution in [-0.2, 0) is 0 Å². The normalized spacial score (nSPS) is 25.2. The van der Waals surface area contributed by atoms with E-state index in [9.17, 15) is 0 Å². The molecule has 2 aliphatic rings. The molecule has 2 rings (SSSR count). The maximum atomic E-state index is 5.95. The number of piperidine rings is 2. The highest BCUT2D eigenvalue weighted by Gasteiger charge is 2.26. The van der Waals surface area contributed by atoms with E-state index in [1.165, 1.54) is 71.2 Å². The minimum Gasteiger partial charge on any atom is -0.330 e. The molecule has 3 nitrogen and oxygen atoms in total. The van der Waals surface area contributed by atoms with Crippen molar-refractivity contribution in [3.63, 3.8) is 0 Å². The molecule has 0 aromatic rings. The molecular formula is C17H35N3. The smallest absolute Gasteiger partial charge is 0.0120 e. The van der Waals surface area contributed by atoms with Crippen LogP contribution in [0.2, 0.25) is 0 Å². The van der Waals surface area contributed by atoms with Crippen LogP contribution in [0.3, 0.4) is 0 Å². The lowest BCUT2D eigenvalue weighted by Crippen LogP contribution is -2.48. The van der Waals surface area contributed by atoms with E-state index in [0.29, 0.717) is 5.92 Å². The molecule has 0 bridgehead atoms. The number of likely N-dealkylation sites (tertiary alicyclic amines) is 2. The molecule has 0 radical (unpaired) electrons. The Hall–Kier alpha value is -0.120. The fourth-order valence-corrected chi connectivity index (χ4v) is 4.03. The van der Waals surface area contributed by atoms with Gasteiger partial charge < -0.3 is 15.5 Å². The van der Waals surface area contributed by atoms with Gasteiger partial charge in [0.05, 0.1) is 0 Å². The van der Waals surface area contributed by atoms with Crippen molar-refractivity contribution >= 4 is 0 Å². The third kappa shape index (κ3) is 5.01. The van der Waals surface area contributed by atoms with E-state index in [-0.39, 0.29) is 0 Å². The summed E-state index contributed by atoms with van der Waals surface area (Å²) in [6.45, 7) is 12.0. The van der Waals surface area contributed by atoms with Gasteiger partial charge in [-0.15, -0.1) is 0 Å². The second kappa shape index (κ2) is 8.35. The van der Waals surface area contributed by atoms with Gasteiger partial charge in [-0.1, -0.05) is 20.3 Å². The molecule has 0 aromatic heterocycles. The van der Waals surface area contributed by atoms with Crippen molar-refractivity contribution in [2.75, 3.05) is 39.3 Å². The minimum absolute atomic E-state index is 0.696. The van der Waals surface area contributed by atoms with E-state index in [2.05, 4.69) is 23.6 Å². The summed E-state index contributed by atoms with van der Waals surface area (Å²) in [6, 6.07) is 0.868. The fraction of sp³-hybridized carbons (Fsp3) is 1.00. The number of hydrogen-bond donors (Lipinski definition) is 1. The van der Waals surface area contributed by atoms with Crippen LogP contribution in [0.1, 0.15) is 52.4 Å². The van der Waals surface area contributed by atoms with Gasteiger partial charge in [0.25, 0.3) is 0 Å². The Kier molecular flexibility index (Phi) is 6.79. The van der Waals surface area contributed by atoms with E-state index in [4.69, 9.17) is 5.73 Å². The van der Waals surface area contributed by atoms with Crippen LogP contribution < -0.4 is 5.73 Å². The van der Waals surface area contributed by atoms with Crippen LogP contribution in [0.15, 0.2) is 0 Å². The molecule has 0 aromatic carbocycles. The highest BCUT2D eigenvalue weighted by atomic mass is 15.2. The van der Waals surface area contributed by atoms with Crippen molar-refractivity contribution < 1.29 is 0 Å². The van der Waals surface area contributed by atoms with Gasteiger partial charge in [-0.05, 0) is 76.7 Å². The van der Waals surface area contributed by atoms with Crippen LogP contribution in [0.4, 0.5) is 0 Å². The van der Waals surface area contributed by atoms with Gasteiger partial charge in [0.1, 0.15) is 0 Å². The monoisotopic (exact) mass is 281 g/mol. The standard InChI is InChI=1S/C17H35N3/c1-15(2)12-16(13-18)14-19-10-6-17(7-11-19)20-8-4-3-5-9-20/h15-17H,3-14,18H2,1-2H3. The summed E-state index contributed by atoms with van der Waals surface area (Å²) in [5.41, 5.74) is 5.95. The predicted octanol–water partition coefficient (Wildman–Crippen LogP) is 2.56. The van der Waals surface area contributed by atoms with Crippen LogP contribution in [0, 0.1) is 11.8 Å². The molecule has 2 saturated heterocycles. The Labute approximate surface area is 125 Å². The van der Waals surface area contributed by atoms with E-state index in [1.807, 2.05) is 0 Å². The maximum Gasteiger partial charge on any atom is 0.0120 e. The molecular weight excluding hydrogens is 246 g/mol. The summed E-state index contributed by atoms with van der Waals surface area (Å²) < 4.78 is 0. The first kappa shape index (κ1) is 16.3. The Morgan fingerprint density at radius 3 is 2.20 bits per heavy atom. The number of rotatable bonds is 6. The van der Waals surface area contributed by atoms with Crippen LogP contribution in [0.5, 0.6) is 0 Å². The SMILES string of the molecule is CC(C)CC(CN)CN1CCC(N2CCCCC2)CC1. The first-order valence-corrected chi connectivity index (χ1v) is 8.85. The summed E-state index contributed by atoms with van der Waals surface area (Å²) in [6.07, 6.45) is 8.32. The number of nitrogens with zero attached hydrogens (tertiary/aromatic N) is 2. The first-order valence-electron chi connectivity index (χ1n) is 8.85. The van der Waals surface area contributed by atoms with Crippen molar-refractivity contribution in [1.29, 1.82) is 0 Å². The van der Waals surface area contributed by atoms with Crippen molar-refractivity contribution in [2.45, 2.75) is 58.4 Å². The summed E-state index contributed by atoms with van der Waals surface area (Å²) in [5, 5.41) is 0. The summed E-state index contributed by atoms with van der Waals surface area (Å²) in [5.74, 6) is 1.47. The molecule has 118 valence electrons. The molecule has 0 spiro atoms. The van der Waals surface area contributed by atoms with Crippen molar-refractivity contribution in [1.82, 2.24) is 9.80 Å². The molecule has 0 aliphatic carbocycles. The molecule has 2 aliphatic heterocycles. The number of hydrogen-bond acceptors (Lipinski definition) is 3. The average molecular weight is 281 g/mol. The Bertz CT molecular complexity index is 253. The van der Waals surface area contributed by atoms with Crippen LogP contribution >= 0.6 is 0 Å². The summed E-state index contributed by atoms with van der Waals surface area (Å²) >= 11 is 0. The molecule has 2 N–H and O–H groups in total. The lowest BCUT2D eigenvalue weighted by molar-refractivity contribution is 0.0840. The third-order valence-electron chi connectivity index (χ3n) is 5.12. The maximum absolute atomic E-state index is 5.95. The van der Waals surface area contributed by atoms with Crippen molar-refractivity contribution in [3.8, 4) is 0 Å². The molecule has 0 amide bonds. The fourth-order valence-electron chi connectivity index (χ4n) is 4.03. The molecule has 1 atom stereocenters. The van der Waals surface area contributed by atoms with Crippen LogP contribution in [-0.4, -0.2) is 55.1 Å². The zero-order valence-corrected chi connectivity index (χ0v) is 13.7.